The highest BCUT2D eigenvalue weighted by Gasteiger charge is 2.74. The molecule has 0 amide bonds. The van der Waals surface area contributed by atoms with Crippen LogP contribution in [0.2, 0.25) is 0 Å². The first-order chi connectivity index (χ1) is 30.7. The van der Waals surface area contributed by atoms with Crippen molar-refractivity contribution < 1.29 is 89.7 Å². The molecule has 7 fully saturated rings. The molecule has 3 heterocycles. The molecule has 0 bridgehead atoms. The zero-order valence-electron chi connectivity index (χ0n) is 40.2. The van der Waals surface area contributed by atoms with Crippen LogP contribution in [-0.2, 0) is 28.4 Å². The van der Waals surface area contributed by atoms with Gasteiger partial charge in [-0.1, -0.05) is 46.3 Å². The lowest BCUT2D eigenvalue weighted by molar-refractivity contribution is -0.382. The Morgan fingerprint density at radius 2 is 1.27 bits per heavy atom. The van der Waals surface area contributed by atoms with E-state index in [1.807, 2.05) is 34.6 Å². The molecule has 3 aliphatic heterocycles. The van der Waals surface area contributed by atoms with Gasteiger partial charge in [-0.25, -0.2) is 0 Å². The maximum absolute atomic E-state index is 12.7. The third kappa shape index (κ3) is 8.69. The van der Waals surface area contributed by atoms with E-state index >= 15 is 0 Å². The van der Waals surface area contributed by atoms with Crippen LogP contribution in [0.1, 0.15) is 114 Å². The molecule has 66 heavy (non-hydrogen) atoms. The van der Waals surface area contributed by atoms with Crippen molar-refractivity contribution in [2.24, 2.45) is 45.3 Å². The first kappa shape index (κ1) is 52.8. The smallest absolute Gasteiger partial charge is 0.187 e. The Balaban J connectivity index is 1.27. The maximum Gasteiger partial charge on any atom is 0.187 e. The van der Waals surface area contributed by atoms with Crippen LogP contribution in [0.5, 0.6) is 0 Å². The Bertz CT molecular complexity index is 1700. The molecule has 4 aliphatic carbocycles. The van der Waals surface area contributed by atoms with E-state index in [9.17, 15) is 61.3 Å². The summed E-state index contributed by atoms with van der Waals surface area (Å²) in [6.07, 6.45) is -18.3. The molecule has 7 aliphatic rings. The normalized spacial score (nSPS) is 53.5. The van der Waals surface area contributed by atoms with E-state index in [2.05, 4.69) is 26.8 Å². The number of hydrogen-bond donors (Lipinski definition) is 12. The quantitative estimate of drug-likeness (QED) is 0.0904. The van der Waals surface area contributed by atoms with Crippen molar-refractivity contribution in [3.63, 3.8) is 0 Å². The summed E-state index contributed by atoms with van der Waals surface area (Å²) in [4.78, 5) is 0. The second-order valence-corrected chi connectivity index (χ2v) is 23.0. The zero-order valence-corrected chi connectivity index (χ0v) is 40.2. The summed E-state index contributed by atoms with van der Waals surface area (Å²) in [6, 6.07) is 0. The van der Waals surface area contributed by atoms with Crippen molar-refractivity contribution in [1.29, 1.82) is 0 Å². The van der Waals surface area contributed by atoms with Gasteiger partial charge in [0.2, 0.25) is 0 Å². The highest BCUT2D eigenvalue weighted by atomic mass is 16.8. The number of fused-ring (bicyclic) bond motifs is 5. The Morgan fingerprint density at radius 3 is 1.89 bits per heavy atom. The molecular formula is C48H82O18. The molecule has 12 N–H and O–H groups in total. The van der Waals surface area contributed by atoms with Gasteiger partial charge in [0.1, 0.15) is 67.1 Å². The number of allylic oxidation sites excluding steroid dienone is 2. The largest absolute Gasteiger partial charge is 0.394 e. The third-order valence-electron chi connectivity index (χ3n) is 18.7. The van der Waals surface area contributed by atoms with E-state index in [0.717, 1.165) is 5.57 Å². The van der Waals surface area contributed by atoms with Gasteiger partial charge in [0.15, 0.2) is 18.9 Å². The fourth-order valence-electron chi connectivity index (χ4n) is 14.9. The first-order valence-corrected chi connectivity index (χ1v) is 24.3. The molecule has 7 rings (SSSR count). The molecule has 0 aromatic rings. The molecule has 26 atom stereocenters. The second kappa shape index (κ2) is 19.2. The van der Waals surface area contributed by atoms with Crippen LogP contribution in [0.3, 0.4) is 0 Å². The monoisotopic (exact) mass is 947 g/mol. The molecule has 3 saturated heterocycles. The van der Waals surface area contributed by atoms with Crippen LogP contribution in [0.4, 0.5) is 0 Å². The lowest BCUT2D eigenvalue weighted by Crippen LogP contribution is -2.71. The summed E-state index contributed by atoms with van der Waals surface area (Å²) in [5.74, 6) is -1.12. The van der Waals surface area contributed by atoms with E-state index in [1.54, 1.807) is 0 Å². The van der Waals surface area contributed by atoms with E-state index in [-0.39, 0.29) is 23.7 Å². The highest BCUT2D eigenvalue weighted by Crippen LogP contribution is 2.76. The van der Waals surface area contributed by atoms with E-state index in [0.29, 0.717) is 51.4 Å². The summed E-state index contributed by atoms with van der Waals surface area (Å²) in [6.45, 7) is 16.8. The Hall–Kier alpha value is -0.980. The van der Waals surface area contributed by atoms with Crippen molar-refractivity contribution in [2.75, 3.05) is 13.2 Å². The number of aliphatic hydroxyl groups excluding tert-OH is 12. The molecule has 0 aromatic heterocycles. The average molecular weight is 947 g/mol. The minimum atomic E-state index is -1.75. The zero-order chi connectivity index (χ0) is 48.8. The standard InChI is InChI=1S/C48H82O18/c1-21(2)11-10-14-48(9,66-42-38(60)35(57)32(54)26(19-49)63-42)23-12-16-46(7)30(23)24(51)17-28-45(6)15-13-29(52)44(4,5)40(45)25(18-47(28,46)8)62-43-39(36(58)33(55)27(20-50)64-43)65-41-37(59)34(56)31(53)22(3)61-41/h11,22-43,49-60H,10,12-20H2,1-9H3/t22-,23-,24+,25-,26+,27+,28+,29-,30-,31+,32+,33+,34-,35-,36-,37-,38+,39+,40-,41-,42-,43+,45+,46+,47+,48-/m0/s1. The van der Waals surface area contributed by atoms with Gasteiger partial charge in [0.25, 0.3) is 0 Å². The van der Waals surface area contributed by atoms with Crippen LogP contribution < -0.4 is 0 Å². The number of ether oxygens (including phenoxy) is 6. The van der Waals surface area contributed by atoms with Gasteiger partial charge in [-0.3, -0.25) is 0 Å². The topological polar surface area (TPSA) is 298 Å². The van der Waals surface area contributed by atoms with Gasteiger partial charge in [-0.15, -0.1) is 0 Å². The number of aliphatic hydroxyl groups is 12. The highest BCUT2D eigenvalue weighted by molar-refractivity contribution is 5.22. The number of hydrogen-bond acceptors (Lipinski definition) is 18. The summed E-state index contributed by atoms with van der Waals surface area (Å²) in [5, 5.41) is 132. The lowest BCUT2D eigenvalue weighted by atomic mass is 9.34. The molecule has 382 valence electrons. The summed E-state index contributed by atoms with van der Waals surface area (Å²) in [5.41, 5.74) is -2.43. The second-order valence-electron chi connectivity index (χ2n) is 23.0. The van der Waals surface area contributed by atoms with Gasteiger partial charge in [-0.05, 0) is 124 Å². The van der Waals surface area contributed by atoms with Gasteiger partial charge in [0.05, 0.1) is 43.2 Å². The number of rotatable bonds is 12. The molecule has 0 unspecified atom stereocenters. The van der Waals surface area contributed by atoms with Gasteiger partial charge >= 0.3 is 0 Å². The molecule has 18 nitrogen and oxygen atoms in total. The summed E-state index contributed by atoms with van der Waals surface area (Å²) < 4.78 is 38.1. The van der Waals surface area contributed by atoms with E-state index < -0.39 is 151 Å². The fraction of sp³-hybridized carbons (Fsp3) is 0.958. The van der Waals surface area contributed by atoms with Crippen molar-refractivity contribution in [3.05, 3.63) is 11.6 Å². The molecule has 0 radical (unpaired) electrons. The van der Waals surface area contributed by atoms with E-state index in [1.165, 1.54) is 6.92 Å². The maximum atomic E-state index is 12.7. The van der Waals surface area contributed by atoms with E-state index in [4.69, 9.17) is 28.4 Å². The average Bonchev–Trinajstić information content (AvgIpc) is 3.64. The summed E-state index contributed by atoms with van der Waals surface area (Å²) in [7, 11) is 0. The Labute approximate surface area is 388 Å². The van der Waals surface area contributed by atoms with Crippen LogP contribution in [-0.4, -0.2) is 191 Å². The van der Waals surface area contributed by atoms with Crippen molar-refractivity contribution in [1.82, 2.24) is 0 Å². The van der Waals surface area contributed by atoms with Gasteiger partial charge < -0.3 is 89.7 Å². The first-order valence-electron chi connectivity index (χ1n) is 24.3. The SMILES string of the molecule is CC(C)=CCC[C@](C)(O[C@@H]1O[C@H](CO)[C@@H](O)[C@H](O)[C@H]1O)[C@H]1CC[C@]2(C)[C@@H]1[C@H](O)C[C@@H]1[C@@]3(C)CC[C@H](O)C(C)(C)[C@@H]3[C@@H](O[C@@H]3O[C@H](CO)[C@@H](O)[C@H](O)[C@H]3O[C@@H]3O[C@@H](C)[C@@H](O)[C@H](O)[C@@H]3O)C[C@]12C. The van der Waals surface area contributed by atoms with Crippen molar-refractivity contribution in [2.45, 2.75) is 230 Å². The molecule has 0 aromatic carbocycles. The van der Waals surface area contributed by atoms with Gasteiger partial charge in [0, 0.05) is 0 Å². The predicted molar refractivity (Wildman–Crippen MR) is 234 cm³/mol. The Kier molecular flexibility index (Phi) is 15.4. The minimum Gasteiger partial charge on any atom is -0.394 e. The third-order valence-corrected chi connectivity index (χ3v) is 18.7. The predicted octanol–water partition coefficient (Wildman–Crippen LogP) is -0.0284. The van der Waals surface area contributed by atoms with Crippen LogP contribution >= 0.6 is 0 Å². The fourth-order valence-corrected chi connectivity index (χ4v) is 14.9. The minimum absolute atomic E-state index is 0.0861. The van der Waals surface area contributed by atoms with Crippen LogP contribution in [0.15, 0.2) is 11.6 Å². The Morgan fingerprint density at radius 1 is 0.682 bits per heavy atom. The molecular weight excluding hydrogens is 865 g/mol. The van der Waals surface area contributed by atoms with Gasteiger partial charge in [-0.2, -0.15) is 0 Å². The van der Waals surface area contributed by atoms with Crippen molar-refractivity contribution >= 4 is 0 Å². The van der Waals surface area contributed by atoms with Crippen LogP contribution in [0, 0.1) is 45.3 Å². The lowest BCUT2D eigenvalue weighted by Gasteiger charge is -2.72. The summed E-state index contributed by atoms with van der Waals surface area (Å²) >= 11 is 0. The molecule has 0 spiro atoms. The molecule has 18 heteroatoms. The van der Waals surface area contributed by atoms with Crippen LogP contribution in [0.25, 0.3) is 0 Å². The molecule has 4 saturated carbocycles. The van der Waals surface area contributed by atoms with Crippen molar-refractivity contribution in [3.8, 4) is 0 Å².